The zero-order chi connectivity index (χ0) is 12.5. The summed E-state index contributed by atoms with van der Waals surface area (Å²) in [6.45, 7) is 4.42. The van der Waals surface area contributed by atoms with Gasteiger partial charge in [0, 0.05) is 17.6 Å². The van der Waals surface area contributed by atoms with Gasteiger partial charge in [-0.05, 0) is 31.4 Å². The maximum Gasteiger partial charge on any atom is 0.150 e. The Morgan fingerprint density at radius 1 is 1.44 bits per heavy atom. The van der Waals surface area contributed by atoms with Gasteiger partial charge in [-0.15, -0.1) is 0 Å². The molecule has 4 heteroatoms. The first-order valence-corrected chi connectivity index (χ1v) is 6.21. The minimum absolute atomic E-state index is 0.0284. The van der Waals surface area contributed by atoms with Crippen LogP contribution in [0.5, 0.6) is 0 Å². The highest BCUT2D eigenvalue weighted by Crippen LogP contribution is 2.28. The Balaban J connectivity index is 2.11. The summed E-state index contributed by atoms with van der Waals surface area (Å²) in [5.41, 5.74) is 1.41. The fourth-order valence-electron chi connectivity index (χ4n) is 2.47. The lowest BCUT2D eigenvalue weighted by molar-refractivity contribution is -0.0366. The van der Waals surface area contributed by atoms with Crippen LogP contribution in [0.25, 0.3) is 17.0 Å². The number of fused-ring (bicyclic) bond motifs is 1. The van der Waals surface area contributed by atoms with Crippen LogP contribution in [0.3, 0.4) is 0 Å². The predicted molar refractivity (Wildman–Crippen MR) is 68.6 cm³/mol. The van der Waals surface area contributed by atoms with Crippen molar-refractivity contribution < 1.29 is 9.13 Å². The van der Waals surface area contributed by atoms with Crippen molar-refractivity contribution in [2.75, 3.05) is 6.61 Å². The van der Waals surface area contributed by atoms with Crippen LogP contribution in [-0.4, -0.2) is 16.4 Å². The second kappa shape index (κ2) is 4.53. The monoisotopic (exact) mass is 246 g/mol. The lowest BCUT2D eigenvalue weighted by atomic mass is 10.1. The summed E-state index contributed by atoms with van der Waals surface area (Å²) < 4.78 is 21.2. The van der Waals surface area contributed by atoms with Crippen LogP contribution >= 0.6 is 0 Å². The van der Waals surface area contributed by atoms with Crippen LogP contribution in [0.1, 0.15) is 31.1 Å². The van der Waals surface area contributed by atoms with E-state index in [1.807, 2.05) is 4.68 Å². The summed E-state index contributed by atoms with van der Waals surface area (Å²) in [5.74, 6) is -0.262. The molecule has 1 fully saturated rings. The molecular weight excluding hydrogens is 231 g/mol. The van der Waals surface area contributed by atoms with Crippen molar-refractivity contribution in [2.24, 2.45) is 0 Å². The minimum Gasteiger partial charge on any atom is -0.356 e. The van der Waals surface area contributed by atoms with Gasteiger partial charge in [-0.2, -0.15) is 5.10 Å². The summed E-state index contributed by atoms with van der Waals surface area (Å²) in [6.07, 6.45) is 6.39. The fraction of sp³-hybridized carbons (Fsp3) is 0.357. The topological polar surface area (TPSA) is 27.1 Å². The van der Waals surface area contributed by atoms with Crippen LogP contribution in [0.15, 0.2) is 24.9 Å². The highest BCUT2D eigenvalue weighted by molar-refractivity contribution is 5.88. The SMILES string of the molecule is C=Cc1c(F)ccc2c1cnn2C1CCCCO1. The number of nitrogens with zero attached hydrogens (tertiary/aromatic N) is 2. The van der Waals surface area contributed by atoms with Crippen molar-refractivity contribution >= 4 is 17.0 Å². The van der Waals surface area contributed by atoms with Crippen molar-refractivity contribution in [3.63, 3.8) is 0 Å². The zero-order valence-corrected chi connectivity index (χ0v) is 10.1. The van der Waals surface area contributed by atoms with E-state index >= 15 is 0 Å². The van der Waals surface area contributed by atoms with Crippen molar-refractivity contribution in [2.45, 2.75) is 25.5 Å². The predicted octanol–water partition coefficient (Wildman–Crippen LogP) is 3.52. The Hall–Kier alpha value is -1.68. The van der Waals surface area contributed by atoms with Gasteiger partial charge in [-0.3, -0.25) is 0 Å². The Morgan fingerprint density at radius 3 is 3.06 bits per heavy atom. The van der Waals surface area contributed by atoms with Gasteiger partial charge in [0.2, 0.25) is 0 Å². The van der Waals surface area contributed by atoms with E-state index in [0.717, 1.165) is 36.8 Å². The fourth-order valence-corrected chi connectivity index (χ4v) is 2.47. The molecule has 3 nitrogen and oxygen atoms in total. The quantitative estimate of drug-likeness (QED) is 0.810. The number of aromatic nitrogens is 2. The lowest BCUT2D eigenvalue weighted by Crippen LogP contribution is -2.18. The van der Waals surface area contributed by atoms with Crippen molar-refractivity contribution in [3.05, 3.63) is 36.3 Å². The Bertz CT molecular complexity index is 585. The van der Waals surface area contributed by atoms with Crippen LogP contribution in [0.2, 0.25) is 0 Å². The second-order valence-corrected chi connectivity index (χ2v) is 4.51. The summed E-state index contributed by atoms with van der Waals surface area (Å²) in [4.78, 5) is 0. The van der Waals surface area contributed by atoms with Crippen molar-refractivity contribution in [1.29, 1.82) is 0 Å². The van der Waals surface area contributed by atoms with Crippen LogP contribution < -0.4 is 0 Å². The molecule has 3 rings (SSSR count). The zero-order valence-electron chi connectivity index (χ0n) is 10.1. The van der Waals surface area contributed by atoms with E-state index in [2.05, 4.69) is 11.7 Å². The molecule has 1 aliphatic rings. The maximum atomic E-state index is 13.6. The molecule has 0 saturated carbocycles. The highest BCUT2D eigenvalue weighted by Gasteiger charge is 2.19. The maximum absolute atomic E-state index is 13.6. The van der Waals surface area contributed by atoms with E-state index in [0.29, 0.717) is 5.56 Å². The molecule has 1 atom stereocenters. The van der Waals surface area contributed by atoms with E-state index in [4.69, 9.17) is 4.74 Å². The van der Waals surface area contributed by atoms with Crippen LogP contribution in [-0.2, 0) is 4.74 Å². The first-order valence-electron chi connectivity index (χ1n) is 6.21. The molecule has 2 heterocycles. The number of halogens is 1. The number of hydrogen-bond donors (Lipinski definition) is 0. The normalized spacial score (nSPS) is 20.2. The standard InChI is InChI=1S/C14H15FN2O/c1-2-10-11-9-16-17(13(11)7-6-12(10)15)14-5-3-4-8-18-14/h2,6-7,9,14H,1,3-5,8H2. The van der Waals surface area contributed by atoms with Gasteiger partial charge in [0.1, 0.15) is 5.82 Å². The molecule has 1 unspecified atom stereocenters. The average molecular weight is 246 g/mol. The highest BCUT2D eigenvalue weighted by atomic mass is 19.1. The molecule has 0 spiro atoms. The molecule has 1 aromatic carbocycles. The summed E-state index contributed by atoms with van der Waals surface area (Å²) >= 11 is 0. The number of hydrogen-bond acceptors (Lipinski definition) is 2. The number of ether oxygens (including phenoxy) is 1. The molecule has 0 radical (unpaired) electrons. The molecule has 1 saturated heterocycles. The number of rotatable bonds is 2. The number of benzene rings is 1. The van der Waals surface area contributed by atoms with Gasteiger partial charge < -0.3 is 4.74 Å². The van der Waals surface area contributed by atoms with Gasteiger partial charge in [-0.25, -0.2) is 9.07 Å². The summed E-state index contributed by atoms with van der Waals surface area (Å²) in [5, 5.41) is 5.14. The van der Waals surface area contributed by atoms with Crippen LogP contribution in [0.4, 0.5) is 4.39 Å². The average Bonchev–Trinajstić information content (AvgIpc) is 2.83. The summed E-state index contributed by atoms with van der Waals surface area (Å²) in [6, 6.07) is 3.21. The van der Waals surface area contributed by atoms with Crippen LogP contribution in [0, 0.1) is 5.82 Å². The Kier molecular flexibility index (Phi) is 2.88. The lowest BCUT2D eigenvalue weighted by Gasteiger charge is -2.23. The van der Waals surface area contributed by atoms with Gasteiger partial charge in [-0.1, -0.05) is 12.7 Å². The molecular formula is C14H15FN2O. The third kappa shape index (κ3) is 1.73. The Labute approximate surface area is 105 Å². The Morgan fingerprint density at radius 2 is 2.33 bits per heavy atom. The third-order valence-electron chi connectivity index (χ3n) is 3.40. The molecule has 94 valence electrons. The van der Waals surface area contributed by atoms with Gasteiger partial charge in [0.15, 0.2) is 6.23 Å². The molecule has 0 bridgehead atoms. The molecule has 0 amide bonds. The smallest absolute Gasteiger partial charge is 0.150 e. The van der Waals surface area contributed by atoms with Gasteiger partial charge in [0.05, 0.1) is 11.7 Å². The molecule has 0 aliphatic carbocycles. The molecule has 1 aliphatic heterocycles. The van der Waals surface area contributed by atoms with E-state index in [1.165, 1.54) is 12.1 Å². The summed E-state index contributed by atoms with van der Waals surface area (Å²) in [7, 11) is 0. The minimum atomic E-state index is -0.262. The largest absolute Gasteiger partial charge is 0.356 e. The first kappa shape index (κ1) is 11.4. The third-order valence-corrected chi connectivity index (χ3v) is 3.40. The van der Waals surface area contributed by atoms with Gasteiger partial charge >= 0.3 is 0 Å². The molecule has 2 aromatic rings. The molecule has 18 heavy (non-hydrogen) atoms. The molecule has 0 N–H and O–H groups in total. The van der Waals surface area contributed by atoms with E-state index < -0.39 is 0 Å². The molecule has 1 aromatic heterocycles. The van der Waals surface area contributed by atoms with Crippen molar-refractivity contribution in [1.82, 2.24) is 9.78 Å². The van der Waals surface area contributed by atoms with Gasteiger partial charge in [0.25, 0.3) is 0 Å². The second-order valence-electron chi connectivity index (χ2n) is 4.51. The van der Waals surface area contributed by atoms with E-state index in [1.54, 1.807) is 12.3 Å². The van der Waals surface area contributed by atoms with Crippen molar-refractivity contribution in [3.8, 4) is 0 Å². The van der Waals surface area contributed by atoms with E-state index in [-0.39, 0.29) is 12.0 Å². The first-order chi connectivity index (χ1) is 8.81. The van der Waals surface area contributed by atoms with E-state index in [9.17, 15) is 4.39 Å².